The number of nitrogens with zero attached hydrogens (tertiary/aromatic N) is 2. The van der Waals surface area contributed by atoms with Gasteiger partial charge in [0.25, 0.3) is 0 Å². The highest BCUT2D eigenvalue weighted by molar-refractivity contribution is 5.99. The molecule has 254 valence electrons. The van der Waals surface area contributed by atoms with Crippen molar-refractivity contribution in [2.75, 3.05) is 9.80 Å². The molecule has 0 radical (unpaired) electrons. The molecule has 0 atom stereocenters. The number of rotatable bonds is 10. The Balaban J connectivity index is 1.14. The van der Waals surface area contributed by atoms with E-state index in [1.54, 1.807) is 0 Å². The van der Waals surface area contributed by atoms with Gasteiger partial charge in [-0.2, -0.15) is 0 Å². The van der Waals surface area contributed by atoms with Crippen LogP contribution in [0, 0.1) is 0 Å². The molecular weight excluding hydrogens is 629 g/mol. The molecule has 0 saturated heterocycles. The first-order valence-corrected chi connectivity index (χ1v) is 18.5. The molecule has 0 aliphatic rings. The SMILES string of the molecule is CCC(C)(CC)c1ccc(N(c2ccc(-c3ccc(N(c4ccccc4)c4ccc5ccccc5c4)cc3)cc2)c2cccc3ccccc23)cc1. The van der Waals surface area contributed by atoms with Gasteiger partial charge in [-0.25, -0.2) is 0 Å². The molecular formula is C50H44N2. The van der Waals surface area contributed by atoms with Crippen LogP contribution in [-0.4, -0.2) is 0 Å². The normalized spacial score (nSPS) is 11.5. The number of hydrogen-bond acceptors (Lipinski definition) is 2. The molecule has 0 bridgehead atoms. The number of fused-ring (bicyclic) bond motifs is 2. The Morgan fingerprint density at radius 2 is 0.865 bits per heavy atom. The van der Waals surface area contributed by atoms with Crippen molar-refractivity contribution < 1.29 is 0 Å². The topological polar surface area (TPSA) is 6.48 Å². The molecule has 0 amide bonds. The minimum Gasteiger partial charge on any atom is -0.310 e. The van der Waals surface area contributed by atoms with Gasteiger partial charge in [-0.15, -0.1) is 0 Å². The zero-order chi connectivity index (χ0) is 35.5. The molecule has 52 heavy (non-hydrogen) atoms. The zero-order valence-electron chi connectivity index (χ0n) is 30.2. The van der Waals surface area contributed by atoms with E-state index in [0.29, 0.717) is 0 Å². The molecule has 2 heteroatoms. The summed E-state index contributed by atoms with van der Waals surface area (Å²) in [5.41, 5.74) is 10.8. The zero-order valence-corrected chi connectivity index (χ0v) is 30.2. The second-order valence-electron chi connectivity index (χ2n) is 13.9. The van der Waals surface area contributed by atoms with E-state index < -0.39 is 0 Å². The van der Waals surface area contributed by atoms with Crippen LogP contribution in [0.1, 0.15) is 39.2 Å². The largest absolute Gasteiger partial charge is 0.310 e. The van der Waals surface area contributed by atoms with E-state index in [9.17, 15) is 0 Å². The predicted octanol–water partition coefficient (Wildman–Crippen LogP) is 14.7. The maximum absolute atomic E-state index is 2.40. The fourth-order valence-electron chi connectivity index (χ4n) is 7.45. The quantitative estimate of drug-likeness (QED) is 0.143. The van der Waals surface area contributed by atoms with Gasteiger partial charge in [-0.05, 0) is 118 Å². The summed E-state index contributed by atoms with van der Waals surface area (Å²) < 4.78 is 0. The summed E-state index contributed by atoms with van der Waals surface area (Å²) in [5, 5.41) is 4.93. The highest BCUT2D eigenvalue weighted by Crippen LogP contribution is 2.42. The van der Waals surface area contributed by atoms with Gasteiger partial charge in [-0.3, -0.25) is 0 Å². The van der Waals surface area contributed by atoms with Crippen molar-refractivity contribution in [3.05, 3.63) is 194 Å². The Kier molecular flexibility index (Phi) is 9.05. The highest BCUT2D eigenvalue weighted by atomic mass is 15.1. The summed E-state index contributed by atoms with van der Waals surface area (Å²) >= 11 is 0. The molecule has 0 aliphatic heterocycles. The number of anilines is 6. The lowest BCUT2D eigenvalue weighted by Gasteiger charge is -2.30. The van der Waals surface area contributed by atoms with E-state index in [2.05, 4.69) is 219 Å². The van der Waals surface area contributed by atoms with E-state index >= 15 is 0 Å². The Labute approximate surface area is 308 Å². The first-order valence-electron chi connectivity index (χ1n) is 18.5. The fraction of sp³-hybridized carbons (Fsp3) is 0.120. The minimum absolute atomic E-state index is 0.174. The van der Waals surface area contributed by atoms with Gasteiger partial charge in [0.2, 0.25) is 0 Å². The van der Waals surface area contributed by atoms with Gasteiger partial charge in [0.05, 0.1) is 5.69 Å². The van der Waals surface area contributed by atoms with Crippen LogP contribution in [0.15, 0.2) is 188 Å². The van der Waals surface area contributed by atoms with Crippen LogP contribution in [0.2, 0.25) is 0 Å². The smallest absolute Gasteiger partial charge is 0.0540 e. The Bertz CT molecular complexity index is 2420. The monoisotopic (exact) mass is 672 g/mol. The Morgan fingerprint density at radius 1 is 0.385 bits per heavy atom. The van der Waals surface area contributed by atoms with Crippen LogP contribution < -0.4 is 9.80 Å². The lowest BCUT2D eigenvalue weighted by Crippen LogP contribution is -2.19. The number of para-hydroxylation sites is 1. The van der Waals surface area contributed by atoms with Gasteiger partial charge in [-0.1, -0.05) is 142 Å². The van der Waals surface area contributed by atoms with E-state index in [0.717, 1.165) is 41.3 Å². The van der Waals surface area contributed by atoms with Crippen LogP contribution in [0.5, 0.6) is 0 Å². The van der Waals surface area contributed by atoms with Crippen molar-refractivity contribution in [1.82, 2.24) is 0 Å². The summed E-state index contributed by atoms with van der Waals surface area (Å²) in [7, 11) is 0. The molecule has 0 unspecified atom stereocenters. The van der Waals surface area contributed by atoms with Crippen molar-refractivity contribution in [2.45, 2.75) is 39.0 Å². The van der Waals surface area contributed by atoms with Gasteiger partial charge in [0, 0.05) is 33.8 Å². The molecule has 0 N–H and O–H groups in total. The van der Waals surface area contributed by atoms with Crippen LogP contribution in [0.25, 0.3) is 32.7 Å². The van der Waals surface area contributed by atoms with Crippen molar-refractivity contribution in [3.8, 4) is 11.1 Å². The number of hydrogen-bond donors (Lipinski definition) is 0. The van der Waals surface area contributed by atoms with Gasteiger partial charge in [0.1, 0.15) is 0 Å². The first kappa shape index (κ1) is 33.0. The maximum atomic E-state index is 2.40. The van der Waals surface area contributed by atoms with E-state index in [1.807, 2.05) is 0 Å². The van der Waals surface area contributed by atoms with Gasteiger partial charge < -0.3 is 9.80 Å². The average Bonchev–Trinajstić information content (AvgIpc) is 3.22. The Hall–Kier alpha value is -6.12. The van der Waals surface area contributed by atoms with Crippen LogP contribution >= 0.6 is 0 Å². The summed E-state index contributed by atoms with van der Waals surface area (Å²) in [5.74, 6) is 0. The molecule has 0 saturated carbocycles. The molecule has 0 spiro atoms. The summed E-state index contributed by atoms with van der Waals surface area (Å²) in [6.45, 7) is 6.95. The third kappa shape index (κ3) is 6.33. The van der Waals surface area contributed by atoms with Crippen molar-refractivity contribution in [1.29, 1.82) is 0 Å². The average molecular weight is 673 g/mol. The van der Waals surface area contributed by atoms with E-state index in [-0.39, 0.29) is 5.41 Å². The van der Waals surface area contributed by atoms with Crippen molar-refractivity contribution in [3.63, 3.8) is 0 Å². The predicted molar refractivity (Wildman–Crippen MR) is 224 cm³/mol. The summed E-state index contributed by atoms with van der Waals surface area (Å²) in [4.78, 5) is 4.73. The third-order valence-corrected chi connectivity index (χ3v) is 11.0. The van der Waals surface area contributed by atoms with Crippen molar-refractivity contribution >= 4 is 55.7 Å². The molecule has 8 aromatic rings. The molecule has 8 aromatic carbocycles. The van der Waals surface area contributed by atoms with Crippen LogP contribution in [0.3, 0.4) is 0 Å². The number of benzene rings is 8. The summed E-state index contributed by atoms with van der Waals surface area (Å²) in [6.07, 6.45) is 2.23. The second-order valence-corrected chi connectivity index (χ2v) is 13.9. The third-order valence-electron chi connectivity index (χ3n) is 11.0. The second kappa shape index (κ2) is 14.2. The van der Waals surface area contributed by atoms with Crippen molar-refractivity contribution in [2.24, 2.45) is 0 Å². The van der Waals surface area contributed by atoms with Crippen LogP contribution in [-0.2, 0) is 5.41 Å². The fourth-order valence-corrected chi connectivity index (χ4v) is 7.45. The lowest BCUT2D eigenvalue weighted by atomic mass is 9.78. The Morgan fingerprint density at radius 3 is 1.50 bits per heavy atom. The summed E-state index contributed by atoms with van der Waals surface area (Å²) in [6, 6.07) is 68.3. The van der Waals surface area contributed by atoms with Gasteiger partial charge in [0.15, 0.2) is 0 Å². The molecule has 0 aromatic heterocycles. The maximum Gasteiger partial charge on any atom is 0.0540 e. The van der Waals surface area contributed by atoms with E-state index in [1.165, 1.54) is 43.9 Å². The molecule has 8 rings (SSSR count). The van der Waals surface area contributed by atoms with Gasteiger partial charge >= 0.3 is 0 Å². The molecule has 0 fully saturated rings. The van der Waals surface area contributed by atoms with E-state index in [4.69, 9.17) is 0 Å². The standard InChI is InChI=1S/C50H44N2/c1-4-50(3,5-2)42-27-34-46(35-28-42)52(49-21-13-17-40-15-11-12-20-48(40)49)45-31-24-39(25-32-45)38-22-29-44(30-23-38)51(43-18-7-6-8-19-43)47-33-26-37-14-9-10-16-41(37)36-47/h6-36H,4-5H2,1-3H3. The van der Waals surface area contributed by atoms with Crippen LogP contribution in [0.4, 0.5) is 34.1 Å². The minimum atomic E-state index is 0.174. The lowest BCUT2D eigenvalue weighted by molar-refractivity contribution is 0.439. The molecule has 2 nitrogen and oxygen atoms in total. The first-order chi connectivity index (χ1) is 25.5. The molecule has 0 aliphatic carbocycles. The molecule has 0 heterocycles. The highest BCUT2D eigenvalue weighted by Gasteiger charge is 2.23.